The van der Waals surface area contributed by atoms with E-state index in [2.05, 4.69) is 13.8 Å². The summed E-state index contributed by atoms with van der Waals surface area (Å²) in [4.78, 5) is 0. The lowest BCUT2D eigenvalue weighted by Crippen LogP contribution is -2.15. The first-order chi connectivity index (χ1) is 8.35. The second-order valence-electron chi connectivity index (χ2n) is 4.98. The fourth-order valence-corrected chi connectivity index (χ4v) is 2.05. The quantitative estimate of drug-likeness (QED) is 0.490. The van der Waals surface area contributed by atoms with Gasteiger partial charge in [-0.1, -0.05) is 58.8 Å². The van der Waals surface area contributed by atoms with E-state index in [-0.39, 0.29) is 0 Å². The molecule has 0 amide bonds. The van der Waals surface area contributed by atoms with Crippen molar-refractivity contribution in [3.05, 3.63) is 0 Å². The predicted octanol–water partition coefficient (Wildman–Crippen LogP) is 4.27. The summed E-state index contributed by atoms with van der Waals surface area (Å²) in [6, 6.07) is 0. The zero-order valence-corrected chi connectivity index (χ0v) is 12.0. The van der Waals surface area contributed by atoms with Gasteiger partial charge in [-0.2, -0.15) is 0 Å². The summed E-state index contributed by atoms with van der Waals surface area (Å²) in [5.74, 6) is 0. The Labute approximate surface area is 108 Å². The minimum absolute atomic E-state index is 0.489. The SMILES string of the molecule is CCCCCCCC(CCCC)OCCCN. The lowest BCUT2D eigenvalue weighted by molar-refractivity contribution is 0.0379. The number of rotatable bonds is 13. The maximum absolute atomic E-state index is 5.91. The Morgan fingerprint density at radius 2 is 1.47 bits per heavy atom. The van der Waals surface area contributed by atoms with Crippen molar-refractivity contribution in [3.8, 4) is 0 Å². The zero-order valence-electron chi connectivity index (χ0n) is 12.0. The van der Waals surface area contributed by atoms with Crippen LogP contribution in [0.25, 0.3) is 0 Å². The smallest absolute Gasteiger partial charge is 0.0575 e. The Morgan fingerprint density at radius 3 is 2.12 bits per heavy atom. The van der Waals surface area contributed by atoms with Crippen molar-refractivity contribution in [3.63, 3.8) is 0 Å². The molecule has 1 atom stereocenters. The summed E-state index contributed by atoms with van der Waals surface area (Å²) in [5.41, 5.74) is 5.49. The van der Waals surface area contributed by atoms with Gasteiger partial charge in [0.1, 0.15) is 0 Å². The summed E-state index contributed by atoms with van der Waals surface area (Å²) in [7, 11) is 0. The third kappa shape index (κ3) is 12.2. The van der Waals surface area contributed by atoms with Crippen molar-refractivity contribution in [1.29, 1.82) is 0 Å². The fraction of sp³-hybridized carbons (Fsp3) is 1.00. The topological polar surface area (TPSA) is 35.2 Å². The molecule has 0 aromatic heterocycles. The standard InChI is InChI=1S/C15H33NO/c1-3-5-7-8-9-12-15(11-6-4-2)17-14-10-13-16/h15H,3-14,16H2,1-2H3. The third-order valence-corrected chi connectivity index (χ3v) is 3.21. The minimum Gasteiger partial charge on any atom is -0.378 e. The first-order valence-electron chi connectivity index (χ1n) is 7.66. The molecule has 0 aliphatic heterocycles. The highest BCUT2D eigenvalue weighted by molar-refractivity contribution is 4.59. The zero-order chi connectivity index (χ0) is 12.8. The highest BCUT2D eigenvalue weighted by Crippen LogP contribution is 2.14. The van der Waals surface area contributed by atoms with Gasteiger partial charge < -0.3 is 10.5 Å². The highest BCUT2D eigenvalue weighted by Gasteiger charge is 2.07. The number of ether oxygens (including phenoxy) is 1. The van der Waals surface area contributed by atoms with E-state index in [1.54, 1.807) is 0 Å². The molecule has 0 heterocycles. The molecule has 0 rings (SSSR count). The first-order valence-corrected chi connectivity index (χ1v) is 7.66. The van der Waals surface area contributed by atoms with Crippen molar-refractivity contribution in [2.45, 2.75) is 84.2 Å². The van der Waals surface area contributed by atoms with Gasteiger partial charge in [0.05, 0.1) is 6.10 Å². The van der Waals surface area contributed by atoms with Crippen LogP contribution in [0.2, 0.25) is 0 Å². The number of unbranched alkanes of at least 4 members (excludes halogenated alkanes) is 5. The van der Waals surface area contributed by atoms with Crippen LogP contribution in [0, 0.1) is 0 Å². The van der Waals surface area contributed by atoms with Crippen LogP contribution >= 0.6 is 0 Å². The molecule has 0 radical (unpaired) electrons. The van der Waals surface area contributed by atoms with Crippen LogP contribution in [0.3, 0.4) is 0 Å². The molecule has 104 valence electrons. The Bertz CT molecular complexity index is 139. The molecule has 0 aliphatic rings. The maximum Gasteiger partial charge on any atom is 0.0575 e. The van der Waals surface area contributed by atoms with Crippen LogP contribution in [0.15, 0.2) is 0 Å². The average molecular weight is 243 g/mol. The van der Waals surface area contributed by atoms with Crippen molar-refractivity contribution in [2.75, 3.05) is 13.2 Å². The van der Waals surface area contributed by atoms with Gasteiger partial charge in [0.2, 0.25) is 0 Å². The Kier molecular flexibility index (Phi) is 13.9. The van der Waals surface area contributed by atoms with Crippen LogP contribution in [-0.2, 0) is 4.74 Å². The Morgan fingerprint density at radius 1 is 0.824 bits per heavy atom. The van der Waals surface area contributed by atoms with Gasteiger partial charge in [-0.25, -0.2) is 0 Å². The predicted molar refractivity (Wildman–Crippen MR) is 76.3 cm³/mol. The lowest BCUT2D eigenvalue weighted by Gasteiger charge is -2.17. The van der Waals surface area contributed by atoms with E-state index in [9.17, 15) is 0 Å². The molecule has 2 nitrogen and oxygen atoms in total. The monoisotopic (exact) mass is 243 g/mol. The molecule has 0 spiro atoms. The van der Waals surface area contributed by atoms with Gasteiger partial charge in [0, 0.05) is 6.61 Å². The number of nitrogens with two attached hydrogens (primary N) is 1. The highest BCUT2D eigenvalue weighted by atomic mass is 16.5. The Balaban J connectivity index is 3.53. The average Bonchev–Trinajstić information content (AvgIpc) is 2.35. The van der Waals surface area contributed by atoms with Crippen LogP contribution < -0.4 is 5.73 Å². The molecule has 17 heavy (non-hydrogen) atoms. The van der Waals surface area contributed by atoms with Crippen molar-refractivity contribution in [2.24, 2.45) is 5.73 Å². The molecule has 0 fully saturated rings. The van der Waals surface area contributed by atoms with E-state index in [1.165, 1.54) is 57.8 Å². The number of hydrogen-bond acceptors (Lipinski definition) is 2. The van der Waals surface area contributed by atoms with Gasteiger partial charge in [0.25, 0.3) is 0 Å². The summed E-state index contributed by atoms with van der Waals surface area (Å²) < 4.78 is 5.91. The molecule has 1 unspecified atom stereocenters. The Hall–Kier alpha value is -0.0800. The minimum atomic E-state index is 0.489. The van der Waals surface area contributed by atoms with E-state index in [0.29, 0.717) is 6.10 Å². The van der Waals surface area contributed by atoms with E-state index in [0.717, 1.165) is 19.6 Å². The van der Waals surface area contributed by atoms with Crippen molar-refractivity contribution < 1.29 is 4.74 Å². The largest absolute Gasteiger partial charge is 0.378 e. The summed E-state index contributed by atoms with van der Waals surface area (Å²) in [6.07, 6.45) is 13.3. The van der Waals surface area contributed by atoms with E-state index in [4.69, 9.17) is 10.5 Å². The summed E-state index contributed by atoms with van der Waals surface area (Å²) in [6.45, 7) is 6.11. The van der Waals surface area contributed by atoms with Crippen LogP contribution in [-0.4, -0.2) is 19.3 Å². The fourth-order valence-electron chi connectivity index (χ4n) is 2.05. The van der Waals surface area contributed by atoms with Gasteiger partial charge in [-0.05, 0) is 25.8 Å². The van der Waals surface area contributed by atoms with Crippen molar-refractivity contribution >= 4 is 0 Å². The first kappa shape index (κ1) is 16.9. The molecule has 2 N–H and O–H groups in total. The molecule has 0 saturated heterocycles. The van der Waals surface area contributed by atoms with Gasteiger partial charge in [-0.15, -0.1) is 0 Å². The van der Waals surface area contributed by atoms with E-state index in [1.807, 2.05) is 0 Å². The lowest BCUT2D eigenvalue weighted by atomic mass is 10.0. The van der Waals surface area contributed by atoms with E-state index < -0.39 is 0 Å². The van der Waals surface area contributed by atoms with Crippen molar-refractivity contribution in [1.82, 2.24) is 0 Å². The molecule has 0 aromatic rings. The molecular formula is C15H33NO. The van der Waals surface area contributed by atoms with Gasteiger partial charge >= 0.3 is 0 Å². The van der Waals surface area contributed by atoms with Gasteiger partial charge in [0.15, 0.2) is 0 Å². The summed E-state index contributed by atoms with van der Waals surface area (Å²) >= 11 is 0. The summed E-state index contributed by atoms with van der Waals surface area (Å²) in [5, 5.41) is 0. The molecule has 0 aliphatic carbocycles. The number of hydrogen-bond donors (Lipinski definition) is 1. The molecule has 0 saturated carbocycles. The van der Waals surface area contributed by atoms with Crippen LogP contribution in [0.4, 0.5) is 0 Å². The molecule has 2 heteroatoms. The normalized spacial score (nSPS) is 12.9. The van der Waals surface area contributed by atoms with Crippen LogP contribution in [0.5, 0.6) is 0 Å². The third-order valence-electron chi connectivity index (χ3n) is 3.21. The molecule has 0 bridgehead atoms. The van der Waals surface area contributed by atoms with Crippen LogP contribution in [0.1, 0.15) is 78.1 Å². The molecule has 0 aromatic carbocycles. The molecular weight excluding hydrogens is 210 g/mol. The second kappa shape index (κ2) is 14.0. The van der Waals surface area contributed by atoms with E-state index >= 15 is 0 Å². The maximum atomic E-state index is 5.91. The van der Waals surface area contributed by atoms with Gasteiger partial charge in [-0.3, -0.25) is 0 Å². The second-order valence-corrected chi connectivity index (χ2v) is 4.98.